The molecule has 6 nitrogen and oxygen atoms in total. The molecule has 0 unspecified atom stereocenters. The van der Waals surface area contributed by atoms with E-state index in [1.54, 1.807) is 18.2 Å². The van der Waals surface area contributed by atoms with Gasteiger partial charge in [-0.2, -0.15) is 0 Å². The van der Waals surface area contributed by atoms with Crippen LogP contribution >= 0.6 is 0 Å². The lowest BCUT2D eigenvalue weighted by atomic mass is 10.1. The van der Waals surface area contributed by atoms with Crippen molar-refractivity contribution in [1.29, 1.82) is 0 Å². The number of aromatic amines is 1. The van der Waals surface area contributed by atoms with E-state index in [9.17, 15) is 4.79 Å². The molecule has 1 aromatic heterocycles. The van der Waals surface area contributed by atoms with E-state index in [4.69, 9.17) is 9.47 Å². The van der Waals surface area contributed by atoms with Crippen LogP contribution in [0.25, 0.3) is 22.0 Å². The summed E-state index contributed by atoms with van der Waals surface area (Å²) in [6.07, 6.45) is 2.33. The van der Waals surface area contributed by atoms with Crippen molar-refractivity contribution < 1.29 is 14.3 Å². The number of amides is 1. The van der Waals surface area contributed by atoms with Gasteiger partial charge >= 0.3 is 6.09 Å². The van der Waals surface area contributed by atoms with E-state index in [-0.39, 0.29) is 6.09 Å². The number of H-pyrrole nitrogens is 1. The van der Waals surface area contributed by atoms with E-state index >= 15 is 0 Å². The average molecular weight is 396 g/mol. The number of rotatable bonds is 6. The molecule has 0 aliphatic rings. The van der Waals surface area contributed by atoms with Gasteiger partial charge in [-0.15, -0.1) is 0 Å². The van der Waals surface area contributed by atoms with Gasteiger partial charge in [-0.1, -0.05) is 25.1 Å². The van der Waals surface area contributed by atoms with Crippen molar-refractivity contribution in [2.45, 2.75) is 46.3 Å². The fourth-order valence-electron chi connectivity index (χ4n) is 3.12. The van der Waals surface area contributed by atoms with Crippen LogP contribution in [0.5, 0.6) is 5.75 Å². The molecule has 1 heterocycles. The molecule has 29 heavy (non-hydrogen) atoms. The third-order valence-corrected chi connectivity index (χ3v) is 4.47. The number of nitrogens with zero attached hydrogens (tertiary/aromatic N) is 2. The second-order valence-corrected chi connectivity index (χ2v) is 8.07. The van der Waals surface area contributed by atoms with Gasteiger partial charge in [-0.3, -0.25) is 0 Å². The smallest absolute Gasteiger partial charge is 0.410 e. The SMILES string of the molecule is CCCN(Cc1ncc(-c2ccc3cc(OC)ccc3c2)[nH]1)C(=O)OC(C)(C)C. The molecule has 1 N–H and O–H groups in total. The molecule has 1 amide bonds. The first-order chi connectivity index (χ1) is 13.8. The summed E-state index contributed by atoms with van der Waals surface area (Å²) in [5.41, 5.74) is 1.43. The van der Waals surface area contributed by atoms with Crippen LogP contribution in [0.2, 0.25) is 0 Å². The fourth-order valence-corrected chi connectivity index (χ4v) is 3.12. The van der Waals surface area contributed by atoms with Gasteiger partial charge in [0.05, 0.1) is 25.5 Å². The van der Waals surface area contributed by atoms with Crippen molar-refractivity contribution in [2.24, 2.45) is 0 Å². The van der Waals surface area contributed by atoms with Gasteiger partial charge in [0.15, 0.2) is 0 Å². The zero-order chi connectivity index (χ0) is 21.0. The zero-order valence-electron chi connectivity index (χ0n) is 17.8. The maximum Gasteiger partial charge on any atom is 0.410 e. The van der Waals surface area contributed by atoms with Gasteiger partial charge in [0.25, 0.3) is 0 Å². The maximum atomic E-state index is 12.5. The van der Waals surface area contributed by atoms with Gasteiger partial charge in [0.2, 0.25) is 0 Å². The lowest BCUT2D eigenvalue weighted by Crippen LogP contribution is -2.37. The molecule has 3 rings (SSSR count). The van der Waals surface area contributed by atoms with E-state index < -0.39 is 5.60 Å². The van der Waals surface area contributed by atoms with Crippen molar-refractivity contribution in [3.8, 4) is 17.0 Å². The number of fused-ring (bicyclic) bond motifs is 1. The minimum Gasteiger partial charge on any atom is -0.497 e. The Morgan fingerprint density at radius 2 is 1.86 bits per heavy atom. The largest absolute Gasteiger partial charge is 0.497 e. The molecule has 0 bridgehead atoms. The molecule has 0 aliphatic heterocycles. The molecule has 0 saturated heterocycles. The van der Waals surface area contributed by atoms with Gasteiger partial charge in [-0.05, 0) is 56.2 Å². The lowest BCUT2D eigenvalue weighted by molar-refractivity contribution is 0.0229. The topological polar surface area (TPSA) is 67.5 Å². The Morgan fingerprint density at radius 1 is 1.14 bits per heavy atom. The summed E-state index contributed by atoms with van der Waals surface area (Å²) in [7, 11) is 1.67. The molecule has 0 atom stereocenters. The van der Waals surface area contributed by atoms with E-state index in [0.717, 1.165) is 40.0 Å². The highest BCUT2D eigenvalue weighted by Crippen LogP contribution is 2.26. The van der Waals surface area contributed by atoms with Crippen molar-refractivity contribution in [3.05, 3.63) is 48.4 Å². The molecule has 6 heteroatoms. The minimum atomic E-state index is -0.523. The number of aromatic nitrogens is 2. The quantitative estimate of drug-likeness (QED) is 0.608. The number of hydrogen-bond acceptors (Lipinski definition) is 4. The lowest BCUT2D eigenvalue weighted by Gasteiger charge is -2.26. The predicted molar refractivity (Wildman–Crippen MR) is 115 cm³/mol. The van der Waals surface area contributed by atoms with Gasteiger partial charge in [0, 0.05) is 12.1 Å². The summed E-state index contributed by atoms with van der Waals surface area (Å²) in [4.78, 5) is 22.0. The first kappa shape index (κ1) is 20.7. The number of benzene rings is 2. The summed E-state index contributed by atoms with van der Waals surface area (Å²) in [5, 5.41) is 2.24. The Morgan fingerprint density at radius 3 is 2.55 bits per heavy atom. The molecule has 3 aromatic rings. The van der Waals surface area contributed by atoms with E-state index in [0.29, 0.717) is 13.1 Å². The summed E-state index contributed by atoms with van der Waals surface area (Å²) < 4.78 is 10.8. The third kappa shape index (κ3) is 5.28. The molecule has 0 radical (unpaired) electrons. The van der Waals surface area contributed by atoms with Gasteiger partial charge in [-0.25, -0.2) is 9.78 Å². The predicted octanol–water partition coefficient (Wildman–Crippen LogP) is 5.39. The highest BCUT2D eigenvalue weighted by molar-refractivity contribution is 5.87. The van der Waals surface area contributed by atoms with Crippen molar-refractivity contribution >= 4 is 16.9 Å². The van der Waals surface area contributed by atoms with Crippen LogP contribution in [-0.2, 0) is 11.3 Å². The second kappa shape index (κ2) is 8.55. The molecule has 154 valence electrons. The van der Waals surface area contributed by atoms with E-state index in [1.165, 1.54) is 0 Å². The number of carbonyl (C=O) groups excluding carboxylic acids is 1. The van der Waals surface area contributed by atoms with Crippen LogP contribution in [0.4, 0.5) is 4.79 Å². The third-order valence-electron chi connectivity index (χ3n) is 4.47. The minimum absolute atomic E-state index is 0.322. The Hall–Kier alpha value is -3.02. The summed E-state index contributed by atoms with van der Waals surface area (Å²) in [5.74, 6) is 1.57. The molecule has 0 aliphatic carbocycles. The van der Waals surface area contributed by atoms with Crippen LogP contribution < -0.4 is 4.74 Å². The molecular weight excluding hydrogens is 366 g/mol. The van der Waals surface area contributed by atoms with Crippen LogP contribution in [0.1, 0.15) is 39.9 Å². The molecule has 0 fully saturated rings. The average Bonchev–Trinajstić information content (AvgIpc) is 3.14. The first-order valence-corrected chi connectivity index (χ1v) is 9.89. The van der Waals surface area contributed by atoms with Crippen molar-refractivity contribution in [3.63, 3.8) is 0 Å². The summed E-state index contributed by atoms with van der Waals surface area (Å²) in [6, 6.07) is 12.2. The molecular formula is C23H29N3O3. The van der Waals surface area contributed by atoms with Crippen LogP contribution in [0.15, 0.2) is 42.6 Å². The summed E-state index contributed by atoms with van der Waals surface area (Å²) >= 11 is 0. The number of imidazole rings is 1. The Labute approximate surface area is 171 Å². The highest BCUT2D eigenvalue weighted by Gasteiger charge is 2.22. The second-order valence-electron chi connectivity index (χ2n) is 8.07. The van der Waals surface area contributed by atoms with Crippen LogP contribution in [0.3, 0.4) is 0 Å². The number of nitrogens with one attached hydrogen (secondary N) is 1. The maximum absolute atomic E-state index is 12.5. The zero-order valence-corrected chi connectivity index (χ0v) is 17.8. The summed E-state index contributed by atoms with van der Waals surface area (Å²) in [6.45, 7) is 8.64. The van der Waals surface area contributed by atoms with Crippen molar-refractivity contribution in [2.75, 3.05) is 13.7 Å². The van der Waals surface area contributed by atoms with Gasteiger partial charge < -0.3 is 19.4 Å². The molecule has 0 saturated carbocycles. The Balaban J connectivity index is 1.78. The Bertz CT molecular complexity index is 988. The molecule has 2 aromatic carbocycles. The monoisotopic (exact) mass is 395 g/mol. The Kier molecular flexibility index (Phi) is 6.11. The van der Waals surface area contributed by atoms with Crippen LogP contribution in [0, 0.1) is 0 Å². The standard InChI is InChI=1S/C23H29N3O3/c1-6-11-26(22(27)29-23(2,3)4)15-21-24-14-20(25-21)18-8-7-17-13-19(28-5)10-9-16(17)12-18/h7-10,12-14H,6,11,15H2,1-5H3,(H,24,25). The van der Waals surface area contributed by atoms with E-state index in [1.807, 2.05) is 45.9 Å². The first-order valence-electron chi connectivity index (χ1n) is 9.89. The number of methoxy groups -OCH3 is 1. The number of hydrogen-bond donors (Lipinski definition) is 1. The highest BCUT2D eigenvalue weighted by atomic mass is 16.6. The number of carbonyl (C=O) groups is 1. The molecule has 0 spiro atoms. The normalized spacial score (nSPS) is 11.5. The fraction of sp³-hybridized carbons (Fsp3) is 0.391. The van der Waals surface area contributed by atoms with E-state index in [2.05, 4.69) is 28.2 Å². The van der Waals surface area contributed by atoms with Crippen molar-refractivity contribution in [1.82, 2.24) is 14.9 Å². The number of ether oxygens (including phenoxy) is 2. The van der Waals surface area contributed by atoms with Crippen LogP contribution in [-0.4, -0.2) is 40.2 Å². The van der Waals surface area contributed by atoms with Gasteiger partial charge in [0.1, 0.15) is 17.2 Å².